The van der Waals surface area contributed by atoms with E-state index in [0.29, 0.717) is 11.6 Å². The highest BCUT2D eigenvalue weighted by atomic mass is 16.5. The summed E-state index contributed by atoms with van der Waals surface area (Å²) in [6, 6.07) is 3.79. The minimum atomic E-state index is -0.125. The molecule has 4 nitrogen and oxygen atoms in total. The normalized spacial score (nSPS) is 21.4. The van der Waals surface area contributed by atoms with Crippen LogP contribution in [0.25, 0.3) is 0 Å². The summed E-state index contributed by atoms with van der Waals surface area (Å²) in [5, 5.41) is 3.32. The predicted octanol–water partition coefficient (Wildman–Crippen LogP) is 3.94. The number of methoxy groups -OCH3 is 1. The molecule has 1 N–H and O–H groups in total. The Bertz CT molecular complexity index is 604. The summed E-state index contributed by atoms with van der Waals surface area (Å²) in [5.74, 6) is 1.16. The van der Waals surface area contributed by atoms with E-state index in [4.69, 9.17) is 9.72 Å². The molecule has 0 aromatic carbocycles. The van der Waals surface area contributed by atoms with Crippen molar-refractivity contribution in [3.05, 3.63) is 23.5 Å². The summed E-state index contributed by atoms with van der Waals surface area (Å²) < 4.78 is 5.45. The summed E-state index contributed by atoms with van der Waals surface area (Å²) in [6.45, 7) is 0. The van der Waals surface area contributed by atoms with E-state index in [0.717, 1.165) is 24.3 Å². The average Bonchev–Trinajstić information content (AvgIpc) is 3.20. The van der Waals surface area contributed by atoms with Gasteiger partial charge in [0.15, 0.2) is 0 Å². The van der Waals surface area contributed by atoms with Crippen molar-refractivity contribution >= 4 is 13.8 Å². The van der Waals surface area contributed by atoms with Gasteiger partial charge in [0.05, 0.1) is 7.11 Å². The summed E-state index contributed by atoms with van der Waals surface area (Å²) >= 11 is 0. The average molecular weight is 356 g/mol. The number of amides is 1. The van der Waals surface area contributed by atoms with E-state index in [2.05, 4.69) is 13.2 Å². The van der Waals surface area contributed by atoms with E-state index in [-0.39, 0.29) is 11.3 Å². The second kappa shape index (κ2) is 8.92. The number of aromatic nitrogens is 1. The molecule has 26 heavy (non-hydrogen) atoms. The highest BCUT2D eigenvalue weighted by molar-refractivity contribution is 6.17. The van der Waals surface area contributed by atoms with Crippen LogP contribution in [-0.4, -0.2) is 31.3 Å². The van der Waals surface area contributed by atoms with Gasteiger partial charge in [-0.1, -0.05) is 51.4 Å². The molecule has 5 heteroatoms. The summed E-state index contributed by atoms with van der Waals surface area (Å²) in [7, 11) is 3.86. The van der Waals surface area contributed by atoms with Crippen molar-refractivity contribution in [1.82, 2.24) is 10.3 Å². The van der Waals surface area contributed by atoms with Gasteiger partial charge in [-0.25, -0.2) is 4.98 Å². The van der Waals surface area contributed by atoms with Crippen LogP contribution in [0.4, 0.5) is 0 Å². The maximum absolute atomic E-state index is 13.0. The number of hydrogen-bond acceptors (Lipinski definition) is 3. The van der Waals surface area contributed by atoms with Crippen molar-refractivity contribution in [3.63, 3.8) is 0 Å². The topological polar surface area (TPSA) is 51.2 Å². The highest BCUT2D eigenvalue weighted by Gasteiger charge is 2.28. The molecule has 0 aliphatic heterocycles. The third kappa shape index (κ3) is 5.02. The Morgan fingerprint density at radius 3 is 2.31 bits per heavy atom. The number of carbonyl (C=O) groups excluding carboxylic acids is 1. The molecule has 0 spiro atoms. The Morgan fingerprint density at radius 2 is 1.69 bits per heavy atom. The van der Waals surface area contributed by atoms with Gasteiger partial charge in [0, 0.05) is 29.2 Å². The molecular weight excluding hydrogens is 323 g/mol. The van der Waals surface area contributed by atoms with E-state index in [9.17, 15) is 4.79 Å². The lowest BCUT2D eigenvalue weighted by Gasteiger charge is -2.31. The molecule has 142 valence electrons. The van der Waals surface area contributed by atoms with E-state index >= 15 is 0 Å². The van der Waals surface area contributed by atoms with Crippen LogP contribution in [0.5, 0.6) is 5.75 Å². The molecule has 0 bridgehead atoms. The molecule has 0 radical (unpaired) electrons. The zero-order valence-electron chi connectivity index (χ0n) is 16.5. The minimum absolute atomic E-state index is 0.0510. The maximum Gasteiger partial charge on any atom is 0.269 e. The Kier molecular flexibility index (Phi) is 6.60. The number of carbonyl (C=O) groups is 1. The first kappa shape index (κ1) is 19.3. The fourth-order valence-electron chi connectivity index (χ4n) is 4.52. The largest absolute Gasteiger partial charge is 0.497 e. The predicted molar refractivity (Wildman–Crippen MR) is 108 cm³/mol. The van der Waals surface area contributed by atoms with Gasteiger partial charge in [0.1, 0.15) is 19.3 Å². The fraction of sp³-hybridized carbons (Fsp3) is 0.714. The SMILES string of the molecule is BC1(NC(=O)c2cc(OC)cc(C3CCCC3)n2)CCCCCCCC1. The summed E-state index contributed by atoms with van der Waals surface area (Å²) in [5.41, 5.74) is 1.40. The van der Waals surface area contributed by atoms with E-state index in [1.165, 1.54) is 64.2 Å². The lowest BCUT2D eigenvalue weighted by atomic mass is 9.70. The van der Waals surface area contributed by atoms with Crippen LogP contribution in [0.3, 0.4) is 0 Å². The van der Waals surface area contributed by atoms with Gasteiger partial charge in [-0.2, -0.15) is 0 Å². The number of nitrogens with one attached hydrogen (secondary N) is 1. The summed E-state index contributed by atoms with van der Waals surface area (Å²) in [4.78, 5) is 17.7. The second-order valence-corrected chi connectivity index (χ2v) is 8.43. The zero-order chi connectivity index (χ0) is 18.4. The van der Waals surface area contributed by atoms with Crippen LogP contribution in [0.2, 0.25) is 0 Å². The zero-order valence-corrected chi connectivity index (χ0v) is 16.5. The first-order chi connectivity index (χ1) is 12.6. The van der Waals surface area contributed by atoms with Crippen molar-refractivity contribution in [1.29, 1.82) is 0 Å². The van der Waals surface area contributed by atoms with Crippen molar-refractivity contribution in [2.24, 2.45) is 0 Å². The van der Waals surface area contributed by atoms with Crippen LogP contribution in [0, 0.1) is 0 Å². The molecule has 2 saturated carbocycles. The number of ether oxygens (including phenoxy) is 1. The number of pyridine rings is 1. The van der Waals surface area contributed by atoms with Crippen molar-refractivity contribution in [2.75, 3.05) is 7.11 Å². The molecule has 1 heterocycles. The van der Waals surface area contributed by atoms with Crippen LogP contribution >= 0.6 is 0 Å². The first-order valence-electron chi connectivity index (χ1n) is 10.5. The molecule has 2 fully saturated rings. The number of rotatable bonds is 4. The highest BCUT2D eigenvalue weighted by Crippen LogP contribution is 2.34. The van der Waals surface area contributed by atoms with Crippen molar-refractivity contribution in [3.8, 4) is 5.75 Å². The molecule has 0 saturated heterocycles. The van der Waals surface area contributed by atoms with E-state index in [1.807, 2.05) is 6.07 Å². The van der Waals surface area contributed by atoms with Gasteiger partial charge in [-0.15, -0.1) is 0 Å². The summed E-state index contributed by atoms with van der Waals surface area (Å²) in [6.07, 6.45) is 14.5. The lowest BCUT2D eigenvalue weighted by molar-refractivity contribution is 0.0914. The molecule has 1 aromatic rings. The molecule has 2 aliphatic rings. The Morgan fingerprint density at radius 1 is 1.08 bits per heavy atom. The van der Waals surface area contributed by atoms with Gasteiger partial charge < -0.3 is 10.1 Å². The third-order valence-corrected chi connectivity index (χ3v) is 6.18. The van der Waals surface area contributed by atoms with Gasteiger partial charge in [-0.05, 0) is 25.7 Å². The molecule has 3 rings (SSSR count). The minimum Gasteiger partial charge on any atom is -0.497 e. The molecular formula is C21H33BN2O2. The van der Waals surface area contributed by atoms with E-state index in [1.54, 1.807) is 13.2 Å². The number of hydrogen-bond donors (Lipinski definition) is 1. The van der Waals surface area contributed by atoms with Gasteiger partial charge >= 0.3 is 0 Å². The monoisotopic (exact) mass is 356 g/mol. The van der Waals surface area contributed by atoms with Crippen molar-refractivity contribution in [2.45, 2.75) is 88.4 Å². The fourth-order valence-corrected chi connectivity index (χ4v) is 4.52. The lowest BCUT2D eigenvalue weighted by Crippen LogP contribution is -2.49. The van der Waals surface area contributed by atoms with E-state index < -0.39 is 0 Å². The number of nitrogens with zero attached hydrogens (tertiary/aromatic N) is 1. The Balaban J connectivity index is 1.76. The smallest absolute Gasteiger partial charge is 0.269 e. The Labute approximate surface area is 158 Å². The first-order valence-corrected chi connectivity index (χ1v) is 10.5. The van der Waals surface area contributed by atoms with Crippen molar-refractivity contribution < 1.29 is 9.53 Å². The molecule has 0 atom stereocenters. The van der Waals surface area contributed by atoms with Gasteiger partial charge in [0.2, 0.25) is 0 Å². The molecule has 0 unspecified atom stereocenters. The molecule has 1 amide bonds. The second-order valence-electron chi connectivity index (χ2n) is 8.43. The third-order valence-electron chi connectivity index (χ3n) is 6.18. The maximum atomic E-state index is 13.0. The van der Waals surface area contributed by atoms with Crippen LogP contribution < -0.4 is 10.1 Å². The van der Waals surface area contributed by atoms with Gasteiger partial charge in [0.25, 0.3) is 5.91 Å². The standard InChI is InChI=1S/C21H33BN2O2/c1-26-17-14-18(16-10-6-7-11-16)23-19(15-17)20(25)24-21(22)12-8-4-2-3-5-9-13-21/h14-16H,2-13,22H2,1H3,(H,24,25). The van der Waals surface area contributed by atoms with Crippen LogP contribution in [0.1, 0.15) is 99.2 Å². The Hall–Kier alpha value is -1.52. The molecule has 2 aliphatic carbocycles. The van der Waals surface area contributed by atoms with Crippen LogP contribution in [-0.2, 0) is 0 Å². The molecule has 1 aromatic heterocycles. The van der Waals surface area contributed by atoms with Gasteiger partial charge in [-0.3, -0.25) is 4.79 Å². The van der Waals surface area contributed by atoms with Crippen LogP contribution in [0.15, 0.2) is 12.1 Å². The quantitative estimate of drug-likeness (QED) is 0.832.